The van der Waals surface area contributed by atoms with Gasteiger partial charge < -0.3 is 30.2 Å². The molecule has 0 saturated carbocycles. The van der Waals surface area contributed by atoms with Crippen LogP contribution >= 0.6 is 0 Å². The summed E-state index contributed by atoms with van der Waals surface area (Å²) in [5.74, 6) is -0.0387. The van der Waals surface area contributed by atoms with E-state index in [0.717, 1.165) is 11.5 Å². The highest BCUT2D eigenvalue weighted by atomic mass is 16.6. The average molecular weight is 384 g/mol. The van der Waals surface area contributed by atoms with Gasteiger partial charge in [-0.25, -0.2) is 4.98 Å². The number of aromatic nitrogens is 4. The Bertz CT molecular complexity index is 998. The molecule has 10 heteroatoms. The number of hydrogen-bond donors (Lipinski definition) is 3. The number of nitrogens with two attached hydrogens (primary N) is 1. The van der Waals surface area contributed by atoms with Gasteiger partial charge in [0.1, 0.15) is 23.6 Å². The van der Waals surface area contributed by atoms with Gasteiger partial charge in [-0.05, 0) is 34.6 Å². The van der Waals surface area contributed by atoms with E-state index in [0.29, 0.717) is 0 Å². The number of ether oxygens (including phenoxy) is 3. The standard InChI is InChI=1S/C17H27N5O5/c1-7-26-12-9-11(20-15(18)21-12)22(8(2)19-9)13-10(23)17(5,24)14(27-13)16(3,4)25-6/h10,13-14,23-24H,7H2,1-6H3,(H2,18,20,21)/t10-,13-,14-,17+/m1/s1/i10D,13D,14D. The summed E-state index contributed by atoms with van der Waals surface area (Å²) >= 11 is 0. The topological polar surface area (TPSA) is 138 Å². The van der Waals surface area contributed by atoms with Gasteiger partial charge in [-0.1, -0.05) is 0 Å². The van der Waals surface area contributed by atoms with E-state index in [9.17, 15) is 10.2 Å². The fraction of sp³-hybridized carbons (Fsp3) is 0.706. The van der Waals surface area contributed by atoms with Crippen molar-refractivity contribution >= 4 is 17.1 Å². The normalized spacial score (nSPS) is 38.6. The van der Waals surface area contributed by atoms with E-state index in [1.807, 2.05) is 0 Å². The Morgan fingerprint density at radius 2 is 2.07 bits per heavy atom. The van der Waals surface area contributed by atoms with Crippen LogP contribution in [-0.4, -0.2) is 66.8 Å². The van der Waals surface area contributed by atoms with Crippen molar-refractivity contribution in [3.8, 4) is 5.88 Å². The fourth-order valence-electron chi connectivity index (χ4n) is 3.05. The Balaban J connectivity index is 2.35. The van der Waals surface area contributed by atoms with Crippen molar-refractivity contribution in [2.24, 2.45) is 0 Å². The molecular weight excluding hydrogens is 354 g/mol. The molecule has 0 amide bonds. The zero-order chi connectivity index (χ0) is 22.9. The molecule has 2 aromatic heterocycles. The van der Waals surface area contributed by atoms with Gasteiger partial charge in [0, 0.05) is 7.11 Å². The smallest absolute Gasteiger partial charge is 0.247 e. The molecule has 1 aliphatic rings. The number of imidazole rings is 1. The first-order chi connectivity index (χ1) is 13.6. The molecule has 150 valence electrons. The van der Waals surface area contributed by atoms with E-state index in [-0.39, 0.29) is 35.4 Å². The van der Waals surface area contributed by atoms with Crippen molar-refractivity contribution in [3.05, 3.63) is 5.82 Å². The van der Waals surface area contributed by atoms with Crippen LogP contribution in [-0.2, 0) is 9.47 Å². The van der Waals surface area contributed by atoms with Crippen LogP contribution in [0.15, 0.2) is 0 Å². The summed E-state index contributed by atoms with van der Waals surface area (Å²) < 4.78 is 43.8. The zero-order valence-corrected chi connectivity index (χ0v) is 16.2. The summed E-state index contributed by atoms with van der Waals surface area (Å²) in [5, 5.41) is 22.2. The van der Waals surface area contributed by atoms with Crippen LogP contribution in [0, 0.1) is 6.92 Å². The van der Waals surface area contributed by atoms with Crippen LogP contribution < -0.4 is 10.5 Å². The minimum absolute atomic E-state index is 0.0538. The molecule has 3 heterocycles. The Morgan fingerprint density at radius 3 is 2.67 bits per heavy atom. The molecule has 3 rings (SSSR count). The van der Waals surface area contributed by atoms with Crippen molar-refractivity contribution in [3.63, 3.8) is 0 Å². The zero-order valence-electron chi connectivity index (χ0n) is 19.2. The predicted molar refractivity (Wildman–Crippen MR) is 97.3 cm³/mol. The van der Waals surface area contributed by atoms with E-state index >= 15 is 0 Å². The second kappa shape index (κ2) is 6.55. The van der Waals surface area contributed by atoms with E-state index < -0.39 is 29.6 Å². The lowest BCUT2D eigenvalue weighted by Crippen LogP contribution is -2.54. The highest BCUT2D eigenvalue weighted by Crippen LogP contribution is 2.44. The second-order valence-electron chi connectivity index (χ2n) is 6.86. The number of anilines is 1. The SMILES string of the molecule is [2H][C@]1(O)[C@](C)(O)[C@@]([2H])(C(C)(C)OC)O[C@@]1([2H])n1c(C)nc2c(OCC)nc(N)nc21. The quantitative estimate of drug-likeness (QED) is 0.674. The minimum atomic E-state index is -3.05. The van der Waals surface area contributed by atoms with Crippen LogP contribution in [0.25, 0.3) is 11.2 Å². The summed E-state index contributed by atoms with van der Waals surface area (Å²) in [6, 6.07) is 0. The molecule has 0 spiro atoms. The van der Waals surface area contributed by atoms with Gasteiger partial charge in [-0.15, -0.1) is 0 Å². The maximum atomic E-state index is 11.1. The number of methoxy groups -OCH3 is 1. The Hall–Kier alpha value is -2.01. The molecule has 0 bridgehead atoms. The van der Waals surface area contributed by atoms with E-state index in [4.69, 9.17) is 24.1 Å². The molecule has 0 unspecified atom stereocenters. The second-order valence-corrected chi connectivity index (χ2v) is 6.86. The monoisotopic (exact) mass is 384 g/mol. The molecule has 10 nitrogen and oxygen atoms in total. The lowest BCUT2D eigenvalue weighted by Gasteiger charge is -2.36. The van der Waals surface area contributed by atoms with Gasteiger partial charge in [0.25, 0.3) is 0 Å². The number of nitrogen functional groups attached to an aromatic ring is 1. The third-order valence-corrected chi connectivity index (χ3v) is 4.51. The van der Waals surface area contributed by atoms with Crippen LogP contribution in [0.4, 0.5) is 5.95 Å². The molecule has 4 N–H and O–H groups in total. The van der Waals surface area contributed by atoms with Crippen molar-refractivity contribution in [1.29, 1.82) is 0 Å². The first-order valence-corrected chi connectivity index (χ1v) is 8.47. The molecule has 1 saturated heterocycles. The first kappa shape index (κ1) is 16.0. The predicted octanol–water partition coefficient (Wildman–Crippen LogP) is 0.550. The minimum Gasteiger partial charge on any atom is -0.476 e. The highest BCUT2D eigenvalue weighted by Gasteiger charge is 2.58. The van der Waals surface area contributed by atoms with Crippen molar-refractivity contribution in [2.45, 2.75) is 64.2 Å². The Morgan fingerprint density at radius 1 is 1.41 bits per heavy atom. The Labute approximate surface area is 161 Å². The number of aliphatic hydroxyl groups is 2. The summed E-state index contributed by atoms with van der Waals surface area (Å²) in [4.78, 5) is 12.4. The number of hydrogen-bond acceptors (Lipinski definition) is 9. The molecule has 0 aliphatic carbocycles. The van der Waals surface area contributed by atoms with Crippen molar-refractivity contribution in [2.75, 3.05) is 19.5 Å². The summed E-state index contributed by atoms with van der Waals surface area (Å²) in [6.45, 7) is 7.43. The van der Waals surface area contributed by atoms with Gasteiger partial charge in [0.05, 0.1) is 16.3 Å². The summed E-state index contributed by atoms with van der Waals surface area (Å²) in [6.07, 6.45) is -8.24. The van der Waals surface area contributed by atoms with Gasteiger partial charge in [-0.3, -0.25) is 4.57 Å². The van der Waals surface area contributed by atoms with E-state index in [1.54, 1.807) is 6.92 Å². The Kier molecular flexibility index (Phi) is 3.88. The van der Waals surface area contributed by atoms with Gasteiger partial charge >= 0.3 is 0 Å². The van der Waals surface area contributed by atoms with E-state index in [1.165, 1.54) is 27.9 Å². The first-order valence-electron chi connectivity index (χ1n) is 9.97. The van der Waals surface area contributed by atoms with E-state index in [2.05, 4.69) is 15.0 Å². The van der Waals surface area contributed by atoms with Crippen LogP contribution in [0.2, 0.25) is 0 Å². The molecular formula is C17H27N5O5. The molecule has 2 aromatic rings. The molecule has 0 aromatic carbocycles. The highest BCUT2D eigenvalue weighted by molar-refractivity contribution is 5.78. The van der Waals surface area contributed by atoms with Crippen LogP contribution in [0.5, 0.6) is 5.88 Å². The lowest BCUT2D eigenvalue weighted by molar-refractivity contribution is -0.162. The molecule has 4 atom stereocenters. The number of aryl methyl sites for hydroxylation is 1. The van der Waals surface area contributed by atoms with Crippen LogP contribution in [0.3, 0.4) is 0 Å². The lowest BCUT2D eigenvalue weighted by atomic mass is 9.85. The molecule has 1 fully saturated rings. The molecule has 0 radical (unpaired) electrons. The van der Waals surface area contributed by atoms with Gasteiger partial charge in [0.15, 0.2) is 17.4 Å². The summed E-state index contributed by atoms with van der Waals surface area (Å²) in [5.41, 5.74) is 1.75. The fourth-order valence-corrected chi connectivity index (χ4v) is 3.05. The number of fused-ring (bicyclic) bond motifs is 1. The van der Waals surface area contributed by atoms with Crippen LogP contribution in [0.1, 0.15) is 43.8 Å². The maximum absolute atomic E-state index is 11.1. The average Bonchev–Trinajstić information content (AvgIpc) is 3.01. The number of nitrogens with zero attached hydrogens (tertiary/aromatic N) is 4. The molecule has 27 heavy (non-hydrogen) atoms. The largest absolute Gasteiger partial charge is 0.476 e. The van der Waals surface area contributed by atoms with Crippen molar-refractivity contribution < 1.29 is 28.5 Å². The van der Waals surface area contributed by atoms with Gasteiger partial charge in [0.2, 0.25) is 11.8 Å². The third-order valence-electron chi connectivity index (χ3n) is 4.51. The van der Waals surface area contributed by atoms with Gasteiger partial charge in [-0.2, -0.15) is 9.97 Å². The maximum Gasteiger partial charge on any atom is 0.247 e. The van der Waals surface area contributed by atoms with Crippen molar-refractivity contribution in [1.82, 2.24) is 19.5 Å². The summed E-state index contributed by atoms with van der Waals surface area (Å²) in [7, 11) is 1.29. The molecule has 1 aliphatic heterocycles. The number of rotatable bonds is 5. The third kappa shape index (κ3) is 3.02.